The molecule has 2 rings (SSSR count). The monoisotopic (exact) mass is 439 g/mol. The van der Waals surface area contributed by atoms with E-state index in [4.69, 9.17) is 4.74 Å². The van der Waals surface area contributed by atoms with Crippen LogP contribution in [0.4, 0.5) is 5.69 Å². The second kappa shape index (κ2) is 8.44. The predicted molar refractivity (Wildman–Crippen MR) is 95.9 cm³/mol. The van der Waals surface area contributed by atoms with Gasteiger partial charge < -0.3 is 14.8 Å². The summed E-state index contributed by atoms with van der Waals surface area (Å²) in [4.78, 5) is 35.1. The molecule has 1 amide bonds. The van der Waals surface area contributed by atoms with Crippen molar-refractivity contribution in [3.05, 3.63) is 63.2 Å². The number of amides is 1. The first-order valence-corrected chi connectivity index (χ1v) is 7.99. The highest BCUT2D eigenvalue weighted by Crippen LogP contribution is 2.13. The van der Waals surface area contributed by atoms with Gasteiger partial charge in [-0.3, -0.25) is 4.79 Å². The molecule has 0 saturated carbocycles. The average molecular weight is 439 g/mol. The standard InChI is InChI=1S/C17H14INO5/c1-23-16(21)11-6-8-12(9-7-11)19-15(20)10-24-17(22)13-4-2-3-5-14(13)18/h2-9H,10H2,1H3,(H,19,20). The molecule has 0 aromatic heterocycles. The van der Waals surface area contributed by atoms with E-state index >= 15 is 0 Å². The highest BCUT2D eigenvalue weighted by molar-refractivity contribution is 14.1. The van der Waals surface area contributed by atoms with Crippen LogP contribution in [0.25, 0.3) is 0 Å². The lowest BCUT2D eigenvalue weighted by molar-refractivity contribution is -0.119. The third-order valence-electron chi connectivity index (χ3n) is 3.02. The topological polar surface area (TPSA) is 81.7 Å². The average Bonchev–Trinajstić information content (AvgIpc) is 2.60. The fourth-order valence-corrected chi connectivity index (χ4v) is 2.45. The van der Waals surface area contributed by atoms with Crippen LogP contribution in [-0.2, 0) is 14.3 Å². The molecule has 0 saturated heterocycles. The van der Waals surface area contributed by atoms with E-state index in [1.807, 2.05) is 28.7 Å². The number of ether oxygens (including phenoxy) is 2. The molecule has 0 atom stereocenters. The number of hydrogen-bond acceptors (Lipinski definition) is 5. The second-order valence-corrected chi connectivity index (χ2v) is 5.84. The molecule has 7 heteroatoms. The highest BCUT2D eigenvalue weighted by atomic mass is 127. The normalized spacial score (nSPS) is 9.92. The molecule has 0 aliphatic rings. The van der Waals surface area contributed by atoms with Gasteiger partial charge in [0.15, 0.2) is 6.61 Å². The first-order chi connectivity index (χ1) is 11.5. The third kappa shape index (κ3) is 4.79. The van der Waals surface area contributed by atoms with Gasteiger partial charge in [-0.05, 0) is 59.0 Å². The highest BCUT2D eigenvalue weighted by Gasteiger charge is 2.13. The molecule has 0 bridgehead atoms. The molecule has 0 spiro atoms. The SMILES string of the molecule is COC(=O)c1ccc(NC(=O)COC(=O)c2ccccc2I)cc1. The maximum atomic E-state index is 11.9. The Morgan fingerprint density at radius 2 is 1.67 bits per heavy atom. The summed E-state index contributed by atoms with van der Waals surface area (Å²) in [6, 6.07) is 13.1. The molecule has 0 unspecified atom stereocenters. The van der Waals surface area contributed by atoms with Crippen molar-refractivity contribution < 1.29 is 23.9 Å². The van der Waals surface area contributed by atoms with Gasteiger partial charge in [0, 0.05) is 9.26 Å². The summed E-state index contributed by atoms with van der Waals surface area (Å²) >= 11 is 2.02. The number of carbonyl (C=O) groups excluding carboxylic acids is 3. The zero-order valence-electron chi connectivity index (χ0n) is 12.7. The molecule has 1 N–H and O–H groups in total. The van der Waals surface area contributed by atoms with Crippen LogP contribution in [-0.4, -0.2) is 31.6 Å². The lowest BCUT2D eigenvalue weighted by Gasteiger charge is -2.08. The number of nitrogens with one attached hydrogen (secondary N) is 1. The van der Waals surface area contributed by atoms with Gasteiger partial charge in [-0.2, -0.15) is 0 Å². The molecular weight excluding hydrogens is 425 g/mol. The van der Waals surface area contributed by atoms with Crippen LogP contribution in [0.5, 0.6) is 0 Å². The summed E-state index contributed by atoms with van der Waals surface area (Å²) in [6.45, 7) is -0.400. The number of anilines is 1. The molecular formula is C17H14INO5. The number of carbonyl (C=O) groups is 3. The quantitative estimate of drug-likeness (QED) is 0.573. The summed E-state index contributed by atoms with van der Waals surface area (Å²) in [6.07, 6.45) is 0. The van der Waals surface area contributed by atoms with Crippen LogP contribution in [0.3, 0.4) is 0 Å². The van der Waals surface area contributed by atoms with Crippen LogP contribution < -0.4 is 5.32 Å². The zero-order chi connectivity index (χ0) is 17.5. The van der Waals surface area contributed by atoms with Crippen LogP contribution in [0.15, 0.2) is 48.5 Å². The van der Waals surface area contributed by atoms with Gasteiger partial charge in [0.2, 0.25) is 0 Å². The summed E-state index contributed by atoms with van der Waals surface area (Å²) < 4.78 is 10.3. The summed E-state index contributed by atoms with van der Waals surface area (Å²) in [5.74, 6) is -1.49. The molecule has 0 aliphatic carbocycles. The molecule has 0 heterocycles. The van der Waals surface area contributed by atoms with Crippen LogP contribution in [0.1, 0.15) is 20.7 Å². The molecule has 0 aliphatic heterocycles. The Hall–Kier alpha value is -2.42. The minimum atomic E-state index is -0.559. The summed E-state index contributed by atoms with van der Waals surface area (Å²) in [5.41, 5.74) is 1.27. The molecule has 124 valence electrons. The summed E-state index contributed by atoms with van der Waals surface area (Å²) in [7, 11) is 1.29. The van der Waals surface area contributed by atoms with E-state index in [1.165, 1.54) is 19.2 Å². The van der Waals surface area contributed by atoms with E-state index in [0.717, 1.165) is 3.57 Å². The molecule has 0 fully saturated rings. The smallest absolute Gasteiger partial charge is 0.339 e. The van der Waals surface area contributed by atoms with Crippen LogP contribution >= 0.6 is 22.6 Å². The molecule has 0 radical (unpaired) electrons. The number of esters is 2. The van der Waals surface area contributed by atoms with E-state index in [1.54, 1.807) is 30.3 Å². The number of hydrogen-bond donors (Lipinski definition) is 1. The van der Waals surface area contributed by atoms with Crippen molar-refractivity contribution >= 4 is 46.1 Å². The minimum Gasteiger partial charge on any atom is -0.465 e. The van der Waals surface area contributed by atoms with Gasteiger partial charge in [-0.1, -0.05) is 12.1 Å². The van der Waals surface area contributed by atoms with Gasteiger partial charge in [0.1, 0.15) is 0 Å². The zero-order valence-corrected chi connectivity index (χ0v) is 14.9. The Morgan fingerprint density at radius 3 is 2.29 bits per heavy atom. The first-order valence-electron chi connectivity index (χ1n) is 6.91. The van der Waals surface area contributed by atoms with Gasteiger partial charge in [-0.15, -0.1) is 0 Å². The van der Waals surface area contributed by atoms with E-state index < -0.39 is 24.5 Å². The van der Waals surface area contributed by atoms with Crippen molar-refractivity contribution in [2.75, 3.05) is 19.0 Å². The molecule has 24 heavy (non-hydrogen) atoms. The van der Waals surface area contributed by atoms with Gasteiger partial charge >= 0.3 is 11.9 Å². The lowest BCUT2D eigenvalue weighted by Crippen LogP contribution is -2.21. The Labute approximate surface area is 152 Å². The minimum absolute atomic E-state index is 0.376. The molecule has 6 nitrogen and oxygen atoms in total. The van der Waals surface area contributed by atoms with Crippen LogP contribution in [0, 0.1) is 3.57 Å². The van der Waals surface area contributed by atoms with Crippen molar-refractivity contribution in [1.29, 1.82) is 0 Å². The van der Waals surface area contributed by atoms with Crippen molar-refractivity contribution in [2.24, 2.45) is 0 Å². The van der Waals surface area contributed by atoms with Gasteiger partial charge in [0.05, 0.1) is 18.2 Å². The number of benzene rings is 2. The predicted octanol–water partition coefficient (Wildman–Crippen LogP) is 2.87. The van der Waals surface area contributed by atoms with E-state index in [-0.39, 0.29) is 0 Å². The van der Waals surface area contributed by atoms with Crippen molar-refractivity contribution in [3.8, 4) is 0 Å². The number of halogens is 1. The van der Waals surface area contributed by atoms with Gasteiger partial charge in [-0.25, -0.2) is 9.59 Å². The van der Waals surface area contributed by atoms with Gasteiger partial charge in [0.25, 0.3) is 5.91 Å². The maximum Gasteiger partial charge on any atom is 0.339 e. The van der Waals surface area contributed by atoms with E-state index in [9.17, 15) is 14.4 Å². The fourth-order valence-electron chi connectivity index (χ4n) is 1.84. The second-order valence-electron chi connectivity index (χ2n) is 4.67. The van der Waals surface area contributed by atoms with Crippen LogP contribution in [0.2, 0.25) is 0 Å². The number of methoxy groups -OCH3 is 1. The Kier molecular flexibility index (Phi) is 6.30. The third-order valence-corrected chi connectivity index (χ3v) is 3.96. The van der Waals surface area contributed by atoms with Crippen molar-refractivity contribution in [3.63, 3.8) is 0 Å². The summed E-state index contributed by atoms with van der Waals surface area (Å²) in [5, 5.41) is 2.58. The Bertz CT molecular complexity index is 758. The van der Waals surface area contributed by atoms with Crippen molar-refractivity contribution in [2.45, 2.75) is 0 Å². The largest absolute Gasteiger partial charge is 0.465 e. The first kappa shape index (κ1) is 17.9. The van der Waals surface area contributed by atoms with E-state index in [2.05, 4.69) is 10.1 Å². The van der Waals surface area contributed by atoms with Crippen molar-refractivity contribution in [1.82, 2.24) is 0 Å². The maximum absolute atomic E-state index is 11.9. The fraction of sp³-hybridized carbons (Fsp3) is 0.118. The van der Waals surface area contributed by atoms with E-state index in [0.29, 0.717) is 16.8 Å². The number of rotatable bonds is 5. The Morgan fingerprint density at radius 1 is 1.00 bits per heavy atom. The molecule has 2 aromatic carbocycles. The molecule has 2 aromatic rings. The lowest BCUT2D eigenvalue weighted by atomic mass is 10.2. The Balaban J connectivity index is 1.88.